The molecule has 6 heteroatoms. The van der Waals surface area contributed by atoms with Gasteiger partial charge in [0.25, 0.3) is 0 Å². The minimum absolute atomic E-state index is 0.176. The lowest BCUT2D eigenvalue weighted by Gasteiger charge is -2.51. The van der Waals surface area contributed by atoms with E-state index in [0.29, 0.717) is 22.2 Å². The normalized spacial score (nSPS) is 27.8. The lowest BCUT2D eigenvalue weighted by atomic mass is 9.83. The van der Waals surface area contributed by atoms with E-state index in [1.807, 2.05) is 22.9 Å². The Balaban J connectivity index is 1.59. The Morgan fingerprint density at radius 1 is 1.27 bits per heavy atom. The Kier molecular flexibility index (Phi) is 4.66. The first-order chi connectivity index (χ1) is 12.6. The van der Waals surface area contributed by atoms with Crippen molar-refractivity contribution < 1.29 is 19.1 Å². The summed E-state index contributed by atoms with van der Waals surface area (Å²) < 4.78 is 6.78. The van der Waals surface area contributed by atoms with Crippen LogP contribution >= 0.6 is 22.7 Å². The summed E-state index contributed by atoms with van der Waals surface area (Å²) in [5.74, 6) is 2.59. The molecular formula is C20H22NO3S2+. The number of esters is 1. The first kappa shape index (κ1) is 17.7. The monoisotopic (exact) mass is 388 g/mol. The molecule has 3 aliphatic heterocycles. The summed E-state index contributed by atoms with van der Waals surface area (Å²) in [5.41, 5.74) is -1.73. The van der Waals surface area contributed by atoms with E-state index in [-0.39, 0.29) is 6.10 Å². The third-order valence-electron chi connectivity index (χ3n) is 5.78. The maximum absolute atomic E-state index is 13.2. The van der Waals surface area contributed by atoms with Gasteiger partial charge in [-0.15, -0.1) is 29.1 Å². The Bertz CT molecular complexity index is 764. The van der Waals surface area contributed by atoms with E-state index < -0.39 is 11.6 Å². The molecule has 136 valence electrons. The van der Waals surface area contributed by atoms with Crippen molar-refractivity contribution in [2.45, 2.75) is 24.5 Å². The van der Waals surface area contributed by atoms with E-state index in [2.05, 4.69) is 5.92 Å². The molecule has 3 aliphatic rings. The number of nitrogens with zero attached hydrogens (tertiary/aromatic N) is 1. The second-order valence-electron chi connectivity index (χ2n) is 7.28. The van der Waals surface area contributed by atoms with Crippen molar-refractivity contribution in [1.29, 1.82) is 0 Å². The van der Waals surface area contributed by atoms with Crippen LogP contribution in [0, 0.1) is 18.3 Å². The maximum Gasteiger partial charge on any atom is 0.349 e. The highest BCUT2D eigenvalue weighted by Gasteiger charge is 2.50. The van der Waals surface area contributed by atoms with Gasteiger partial charge in [0, 0.05) is 18.8 Å². The number of terminal acetylenes is 1. The number of quaternary nitrogens is 1. The molecule has 2 aromatic heterocycles. The van der Waals surface area contributed by atoms with Crippen LogP contribution < -0.4 is 0 Å². The highest BCUT2D eigenvalue weighted by molar-refractivity contribution is 7.12. The first-order valence-electron chi connectivity index (χ1n) is 8.87. The number of carbonyl (C=O) groups is 1. The molecule has 0 aromatic carbocycles. The van der Waals surface area contributed by atoms with Crippen LogP contribution in [0.1, 0.15) is 22.6 Å². The lowest BCUT2D eigenvalue weighted by Crippen LogP contribution is -2.64. The topological polar surface area (TPSA) is 46.5 Å². The average Bonchev–Trinajstić information content (AvgIpc) is 3.36. The van der Waals surface area contributed by atoms with Gasteiger partial charge in [0.05, 0.1) is 22.8 Å². The van der Waals surface area contributed by atoms with Gasteiger partial charge in [-0.2, -0.15) is 0 Å². The van der Waals surface area contributed by atoms with E-state index in [1.54, 1.807) is 12.1 Å². The Morgan fingerprint density at radius 3 is 2.38 bits per heavy atom. The molecule has 26 heavy (non-hydrogen) atoms. The zero-order valence-electron chi connectivity index (χ0n) is 14.5. The van der Waals surface area contributed by atoms with Crippen molar-refractivity contribution >= 4 is 28.6 Å². The van der Waals surface area contributed by atoms with Crippen molar-refractivity contribution in [3.8, 4) is 12.3 Å². The zero-order chi connectivity index (χ0) is 18.2. The second-order valence-corrected chi connectivity index (χ2v) is 9.18. The number of hydrogen-bond acceptors (Lipinski definition) is 5. The molecule has 2 aromatic rings. The van der Waals surface area contributed by atoms with Crippen molar-refractivity contribution in [2.75, 3.05) is 26.2 Å². The van der Waals surface area contributed by atoms with Crippen LogP contribution in [0.5, 0.6) is 0 Å². The summed E-state index contributed by atoms with van der Waals surface area (Å²) in [4.78, 5) is 14.4. The summed E-state index contributed by atoms with van der Waals surface area (Å²) in [6.07, 6.45) is 7.44. The van der Waals surface area contributed by atoms with Crippen molar-refractivity contribution in [2.24, 2.45) is 5.92 Å². The number of aliphatic hydroxyl groups is 1. The summed E-state index contributed by atoms with van der Waals surface area (Å²) in [6.45, 7) is 3.55. The first-order valence-corrected chi connectivity index (χ1v) is 10.6. The van der Waals surface area contributed by atoms with Crippen LogP contribution in [0.25, 0.3) is 0 Å². The van der Waals surface area contributed by atoms with Gasteiger partial charge in [-0.05, 0) is 28.8 Å². The molecule has 0 amide bonds. The van der Waals surface area contributed by atoms with E-state index in [4.69, 9.17) is 11.2 Å². The number of fused-ring (bicyclic) bond motifs is 3. The molecule has 1 atom stereocenters. The Labute approximate surface area is 161 Å². The third-order valence-corrected chi connectivity index (χ3v) is 7.73. The van der Waals surface area contributed by atoms with E-state index in [1.165, 1.54) is 22.7 Å². The molecule has 1 N–H and O–H groups in total. The maximum atomic E-state index is 13.2. The van der Waals surface area contributed by atoms with Crippen LogP contribution in [0.4, 0.5) is 0 Å². The lowest BCUT2D eigenvalue weighted by molar-refractivity contribution is -0.939. The summed E-state index contributed by atoms with van der Waals surface area (Å²) in [6, 6.07) is 7.25. The average molecular weight is 389 g/mol. The van der Waals surface area contributed by atoms with Crippen molar-refractivity contribution in [3.05, 3.63) is 44.8 Å². The number of thiophene rings is 2. The summed E-state index contributed by atoms with van der Waals surface area (Å²) in [5, 5.41) is 15.1. The molecule has 0 aliphatic carbocycles. The van der Waals surface area contributed by atoms with Gasteiger partial charge in [-0.1, -0.05) is 12.1 Å². The number of rotatable bonds is 5. The van der Waals surface area contributed by atoms with Gasteiger partial charge in [0.1, 0.15) is 13.1 Å². The molecular weight excluding hydrogens is 366 g/mol. The SMILES string of the molecule is C#CC[N+]12CCC(CC1)C(OC(=O)C(O)(c1cccs1)c1cccs1)C2. The molecule has 3 saturated heterocycles. The fourth-order valence-corrected chi connectivity index (χ4v) is 6.00. The van der Waals surface area contributed by atoms with Gasteiger partial charge in [-0.3, -0.25) is 0 Å². The van der Waals surface area contributed by atoms with Crippen LogP contribution in [-0.4, -0.2) is 47.8 Å². The quantitative estimate of drug-likeness (QED) is 0.487. The van der Waals surface area contributed by atoms with E-state index in [9.17, 15) is 9.90 Å². The Morgan fingerprint density at radius 2 is 1.88 bits per heavy atom. The number of ether oxygens (including phenoxy) is 1. The number of piperidine rings is 3. The smallest absolute Gasteiger partial charge is 0.349 e. The van der Waals surface area contributed by atoms with Crippen LogP contribution in [0.15, 0.2) is 35.0 Å². The third kappa shape index (κ3) is 2.89. The molecule has 0 saturated carbocycles. The summed E-state index contributed by atoms with van der Waals surface area (Å²) >= 11 is 2.73. The fraction of sp³-hybridized carbons (Fsp3) is 0.450. The molecule has 4 nitrogen and oxygen atoms in total. The van der Waals surface area contributed by atoms with Gasteiger partial charge in [0.15, 0.2) is 6.10 Å². The van der Waals surface area contributed by atoms with Crippen molar-refractivity contribution in [1.82, 2.24) is 0 Å². The minimum Gasteiger partial charge on any atom is -0.453 e. The second kappa shape index (κ2) is 6.82. The highest BCUT2D eigenvalue weighted by atomic mass is 32.1. The molecule has 5 heterocycles. The van der Waals surface area contributed by atoms with E-state index in [0.717, 1.165) is 37.0 Å². The Hall–Kier alpha value is -1.65. The van der Waals surface area contributed by atoms with Gasteiger partial charge in [-0.25, -0.2) is 4.79 Å². The van der Waals surface area contributed by atoms with Crippen molar-refractivity contribution in [3.63, 3.8) is 0 Å². The number of hydrogen-bond donors (Lipinski definition) is 1. The minimum atomic E-state index is -1.73. The molecule has 1 unspecified atom stereocenters. The standard InChI is InChI=1S/C20H22NO3S2/c1-2-9-21-10-7-15(8-11-21)16(14-21)24-19(22)20(23,17-5-3-12-25-17)18-6-4-13-26-18/h1,3-6,12-13,15-16,23H,7-11,14H2/q+1. The predicted molar refractivity (Wildman–Crippen MR) is 103 cm³/mol. The van der Waals surface area contributed by atoms with Crippen LogP contribution in [0.2, 0.25) is 0 Å². The largest absolute Gasteiger partial charge is 0.453 e. The molecule has 0 radical (unpaired) electrons. The molecule has 3 fully saturated rings. The summed E-state index contributed by atoms with van der Waals surface area (Å²) in [7, 11) is 0. The van der Waals surface area contributed by atoms with Gasteiger partial charge in [0.2, 0.25) is 5.60 Å². The fourth-order valence-electron chi connectivity index (χ4n) is 4.28. The van der Waals surface area contributed by atoms with Crippen LogP contribution in [0.3, 0.4) is 0 Å². The number of carbonyl (C=O) groups excluding carboxylic acids is 1. The van der Waals surface area contributed by atoms with Crippen LogP contribution in [-0.2, 0) is 15.1 Å². The molecule has 2 bridgehead atoms. The highest BCUT2D eigenvalue weighted by Crippen LogP contribution is 2.40. The zero-order valence-corrected chi connectivity index (χ0v) is 16.1. The predicted octanol–water partition coefficient (Wildman–Crippen LogP) is 2.83. The molecule has 0 spiro atoms. The van der Waals surface area contributed by atoms with E-state index >= 15 is 0 Å². The van der Waals surface area contributed by atoms with Gasteiger partial charge >= 0.3 is 5.97 Å². The van der Waals surface area contributed by atoms with Gasteiger partial charge < -0.3 is 14.3 Å². The molecule has 5 rings (SSSR count).